The number of phenols is 2. The van der Waals surface area contributed by atoms with Crippen molar-refractivity contribution in [2.75, 3.05) is 11.5 Å². The molecule has 0 aromatic heterocycles. The third-order valence-electron chi connectivity index (χ3n) is 3.45. The molecule has 0 saturated carbocycles. The number of nitrogens with two attached hydrogens (primary N) is 2. The number of benzene rings is 2. The molecular formula is C14H9ClN2O4. The maximum Gasteiger partial charge on any atom is 0.202 e. The van der Waals surface area contributed by atoms with Crippen LogP contribution in [0, 0.1) is 0 Å². The molecule has 21 heavy (non-hydrogen) atoms. The van der Waals surface area contributed by atoms with Gasteiger partial charge in [0.05, 0.1) is 33.1 Å². The van der Waals surface area contributed by atoms with E-state index in [1.54, 1.807) is 0 Å². The van der Waals surface area contributed by atoms with Gasteiger partial charge in [0.1, 0.15) is 5.75 Å². The van der Waals surface area contributed by atoms with Crippen LogP contribution < -0.4 is 11.5 Å². The number of phenolic OH excluding ortho intramolecular Hbond substituents is 2. The van der Waals surface area contributed by atoms with Crippen LogP contribution in [0.15, 0.2) is 18.2 Å². The molecule has 7 heteroatoms. The van der Waals surface area contributed by atoms with E-state index in [-0.39, 0.29) is 44.4 Å². The molecule has 2 aromatic rings. The van der Waals surface area contributed by atoms with Crippen molar-refractivity contribution in [2.45, 2.75) is 0 Å². The van der Waals surface area contributed by atoms with Gasteiger partial charge in [0.25, 0.3) is 0 Å². The monoisotopic (exact) mass is 304 g/mol. The molecule has 3 rings (SSSR count). The number of hydrogen-bond donors (Lipinski definition) is 4. The molecule has 0 aliphatic heterocycles. The first kappa shape index (κ1) is 13.3. The van der Waals surface area contributed by atoms with Crippen LogP contribution in [0.5, 0.6) is 11.5 Å². The SMILES string of the molecule is Nc1c(O)c2c(c(N)c1Cl)C(=O)c1cccc(O)c1C2=O. The van der Waals surface area contributed by atoms with Crippen molar-refractivity contribution in [3.63, 3.8) is 0 Å². The molecule has 0 amide bonds. The molecule has 6 nitrogen and oxygen atoms in total. The smallest absolute Gasteiger partial charge is 0.202 e. The Morgan fingerprint density at radius 1 is 0.905 bits per heavy atom. The number of ketones is 2. The van der Waals surface area contributed by atoms with E-state index in [0.717, 1.165) is 0 Å². The lowest BCUT2D eigenvalue weighted by Crippen LogP contribution is -2.23. The quantitative estimate of drug-likeness (QED) is 0.284. The standard InChI is InChI=1S/C14H9ClN2O4/c15-9-10(16)7-8(14(21)11(9)17)13(20)6-4(12(7)19)2-1-3-5(6)18/h1-3,18,21H,16-17H2. The highest BCUT2D eigenvalue weighted by Gasteiger charge is 2.37. The Balaban J connectivity index is 2.47. The number of fused-ring (bicyclic) bond motifs is 2. The second-order valence-corrected chi connectivity index (χ2v) is 4.98. The molecule has 0 atom stereocenters. The summed E-state index contributed by atoms with van der Waals surface area (Å²) in [4.78, 5) is 25.0. The number of rotatable bonds is 0. The number of hydrogen-bond acceptors (Lipinski definition) is 6. The summed E-state index contributed by atoms with van der Waals surface area (Å²) in [5, 5.41) is 19.7. The van der Waals surface area contributed by atoms with E-state index in [2.05, 4.69) is 0 Å². The van der Waals surface area contributed by atoms with E-state index < -0.39 is 17.3 Å². The van der Waals surface area contributed by atoms with E-state index in [0.29, 0.717) is 0 Å². The van der Waals surface area contributed by atoms with Gasteiger partial charge in [-0.15, -0.1) is 0 Å². The first-order valence-corrected chi connectivity index (χ1v) is 6.24. The molecule has 0 spiro atoms. The molecule has 0 heterocycles. The van der Waals surface area contributed by atoms with Gasteiger partial charge in [0.2, 0.25) is 5.78 Å². The molecule has 1 aliphatic carbocycles. The highest BCUT2D eigenvalue weighted by molar-refractivity contribution is 6.40. The number of carbonyl (C=O) groups excluding carboxylic acids is 2. The van der Waals surface area contributed by atoms with Crippen molar-refractivity contribution in [3.05, 3.63) is 45.5 Å². The Morgan fingerprint density at radius 3 is 2.24 bits per heavy atom. The summed E-state index contributed by atoms with van der Waals surface area (Å²) in [7, 11) is 0. The molecule has 0 radical (unpaired) electrons. The first-order valence-electron chi connectivity index (χ1n) is 5.87. The number of nitrogen functional groups attached to an aromatic ring is 2. The van der Waals surface area contributed by atoms with Gasteiger partial charge in [0.15, 0.2) is 11.5 Å². The topological polar surface area (TPSA) is 127 Å². The van der Waals surface area contributed by atoms with E-state index in [1.165, 1.54) is 18.2 Å². The van der Waals surface area contributed by atoms with Crippen molar-refractivity contribution in [2.24, 2.45) is 0 Å². The molecule has 0 unspecified atom stereocenters. The Kier molecular flexibility index (Phi) is 2.61. The highest BCUT2D eigenvalue weighted by atomic mass is 35.5. The maximum absolute atomic E-state index is 12.5. The fourth-order valence-corrected chi connectivity index (χ4v) is 2.62. The minimum absolute atomic E-state index is 0.000520. The minimum Gasteiger partial charge on any atom is -0.507 e. The fourth-order valence-electron chi connectivity index (χ4n) is 2.43. The number of carbonyl (C=O) groups is 2. The average Bonchev–Trinajstić information content (AvgIpc) is 2.46. The van der Waals surface area contributed by atoms with Crippen LogP contribution >= 0.6 is 11.6 Å². The predicted octanol–water partition coefficient (Wildman–Crippen LogP) is 1.69. The Hall–Kier alpha value is -2.73. The summed E-state index contributed by atoms with van der Waals surface area (Å²) < 4.78 is 0. The van der Waals surface area contributed by atoms with Gasteiger partial charge < -0.3 is 21.7 Å². The first-order chi connectivity index (χ1) is 9.86. The lowest BCUT2D eigenvalue weighted by atomic mass is 9.82. The number of halogens is 1. The summed E-state index contributed by atoms with van der Waals surface area (Å²) >= 11 is 5.87. The third-order valence-corrected chi connectivity index (χ3v) is 3.86. The second-order valence-electron chi connectivity index (χ2n) is 4.60. The molecule has 106 valence electrons. The van der Waals surface area contributed by atoms with Crippen LogP contribution in [0.1, 0.15) is 31.8 Å². The van der Waals surface area contributed by atoms with Crippen molar-refractivity contribution in [3.8, 4) is 11.5 Å². The number of anilines is 2. The summed E-state index contributed by atoms with van der Waals surface area (Å²) in [5.41, 5.74) is 10.2. The zero-order valence-electron chi connectivity index (χ0n) is 10.5. The normalized spacial score (nSPS) is 13.0. The van der Waals surface area contributed by atoms with Crippen LogP contribution in [0.3, 0.4) is 0 Å². The Morgan fingerprint density at radius 2 is 1.57 bits per heavy atom. The average molecular weight is 305 g/mol. The van der Waals surface area contributed by atoms with Crippen molar-refractivity contribution in [1.82, 2.24) is 0 Å². The van der Waals surface area contributed by atoms with Crippen LogP contribution in [-0.4, -0.2) is 21.8 Å². The lowest BCUT2D eigenvalue weighted by Gasteiger charge is -2.22. The van der Waals surface area contributed by atoms with Gasteiger partial charge >= 0.3 is 0 Å². The van der Waals surface area contributed by atoms with Crippen molar-refractivity contribution < 1.29 is 19.8 Å². The van der Waals surface area contributed by atoms with Crippen LogP contribution in [0.25, 0.3) is 0 Å². The van der Waals surface area contributed by atoms with Crippen molar-refractivity contribution in [1.29, 1.82) is 0 Å². The summed E-state index contributed by atoms with van der Waals surface area (Å²) in [5.74, 6) is -2.31. The van der Waals surface area contributed by atoms with E-state index in [4.69, 9.17) is 23.1 Å². The summed E-state index contributed by atoms with van der Waals surface area (Å²) in [6, 6.07) is 4.09. The summed E-state index contributed by atoms with van der Waals surface area (Å²) in [6.45, 7) is 0. The predicted molar refractivity (Wildman–Crippen MR) is 76.9 cm³/mol. The minimum atomic E-state index is -0.731. The van der Waals surface area contributed by atoms with E-state index in [9.17, 15) is 19.8 Å². The molecule has 2 aromatic carbocycles. The molecule has 0 saturated heterocycles. The maximum atomic E-state index is 12.5. The van der Waals surface area contributed by atoms with Crippen LogP contribution in [0.4, 0.5) is 11.4 Å². The van der Waals surface area contributed by atoms with Gasteiger partial charge in [-0.1, -0.05) is 23.7 Å². The van der Waals surface area contributed by atoms with Crippen molar-refractivity contribution >= 4 is 34.5 Å². The summed E-state index contributed by atoms with van der Waals surface area (Å²) in [6.07, 6.45) is 0. The van der Waals surface area contributed by atoms with Gasteiger partial charge in [-0.05, 0) is 6.07 Å². The van der Waals surface area contributed by atoms with Crippen LogP contribution in [0.2, 0.25) is 5.02 Å². The largest absolute Gasteiger partial charge is 0.507 e. The third kappa shape index (κ3) is 1.53. The Labute approximate surface area is 123 Å². The molecular weight excluding hydrogens is 296 g/mol. The zero-order chi connectivity index (χ0) is 15.5. The molecule has 0 fully saturated rings. The molecule has 0 bridgehead atoms. The van der Waals surface area contributed by atoms with E-state index >= 15 is 0 Å². The highest BCUT2D eigenvalue weighted by Crippen LogP contribution is 2.45. The van der Waals surface area contributed by atoms with Gasteiger partial charge in [-0.2, -0.15) is 0 Å². The molecule has 1 aliphatic rings. The van der Waals surface area contributed by atoms with Crippen LogP contribution in [-0.2, 0) is 0 Å². The van der Waals surface area contributed by atoms with Gasteiger partial charge in [0, 0.05) is 5.56 Å². The second kappa shape index (κ2) is 4.13. The van der Waals surface area contributed by atoms with Gasteiger partial charge in [-0.3, -0.25) is 9.59 Å². The van der Waals surface area contributed by atoms with Gasteiger partial charge in [-0.25, -0.2) is 0 Å². The zero-order valence-corrected chi connectivity index (χ0v) is 11.2. The molecule has 6 N–H and O–H groups in total. The van der Waals surface area contributed by atoms with E-state index in [1.807, 2.05) is 0 Å². The number of aromatic hydroxyl groups is 2. The fraction of sp³-hybridized carbons (Fsp3) is 0. The Bertz CT molecular complexity index is 846. The lowest BCUT2D eigenvalue weighted by molar-refractivity contribution is 0.0975.